The van der Waals surface area contributed by atoms with Crippen molar-refractivity contribution in [3.63, 3.8) is 0 Å². The van der Waals surface area contributed by atoms with E-state index in [4.69, 9.17) is 10.4 Å². The smallest absolute Gasteiger partial charge is 0.534 e. The molecule has 1 unspecified atom stereocenters. The van der Waals surface area contributed by atoms with Crippen LogP contribution in [0.25, 0.3) is 0 Å². The van der Waals surface area contributed by atoms with E-state index in [1.807, 2.05) is 0 Å². The number of nitrogen functional groups attached to an aromatic ring is 1. The number of nitrogens with two attached hydrogens (primary N) is 1. The number of halogens is 2. The molecule has 18 heteroatoms. The molecule has 3 heterocycles. The van der Waals surface area contributed by atoms with E-state index in [2.05, 4.69) is 15.6 Å². The molecule has 0 radical (unpaired) electrons. The summed E-state index contributed by atoms with van der Waals surface area (Å²) in [5.41, 5.74) is 4.30. The van der Waals surface area contributed by atoms with Crippen molar-refractivity contribution >= 4 is 53.3 Å². The van der Waals surface area contributed by atoms with Gasteiger partial charge >= 0.3 is 30.9 Å². The number of thiazole rings is 1. The van der Waals surface area contributed by atoms with E-state index in [1.165, 1.54) is 11.0 Å². The van der Waals surface area contributed by atoms with Crippen molar-refractivity contribution in [3.05, 3.63) is 39.9 Å². The van der Waals surface area contributed by atoms with Crippen LogP contribution in [0.15, 0.2) is 12.1 Å². The number of carbonyl (C=O) groups excluding carboxylic acids is 4. The summed E-state index contributed by atoms with van der Waals surface area (Å²) in [4.78, 5) is 67.7. The predicted molar refractivity (Wildman–Crippen MR) is 129 cm³/mol. The number of aromatic carboxylic acids is 1. The Morgan fingerprint density at radius 3 is 2.62 bits per heavy atom. The normalized spacial score (nSPS) is 17.8. The second kappa shape index (κ2) is 10.8. The number of rotatable bonds is 6. The molecular weight excluding hydrogens is 545 g/mol. The van der Waals surface area contributed by atoms with Crippen molar-refractivity contribution in [1.82, 2.24) is 25.4 Å². The van der Waals surface area contributed by atoms with Gasteiger partial charge in [0.25, 0.3) is 0 Å². The van der Waals surface area contributed by atoms with Crippen LogP contribution in [0.2, 0.25) is 0 Å². The Morgan fingerprint density at radius 2 is 2.00 bits per heavy atom. The van der Waals surface area contributed by atoms with Crippen LogP contribution in [0.4, 0.5) is 18.7 Å². The number of hydrogen-bond acceptors (Lipinski definition) is 10. The summed E-state index contributed by atoms with van der Waals surface area (Å²) in [6.07, 6.45) is -0.225. The molecule has 2 aliphatic heterocycles. The molecule has 4 rings (SSSR count). The molecule has 1 aromatic heterocycles. The summed E-state index contributed by atoms with van der Waals surface area (Å²) in [7, 11) is -1.86. The first-order chi connectivity index (χ1) is 18.4. The second-order valence-corrected chi connectivity index (χ2v) is 9.46. The van der Waals surface area contributed by atoms with Crippen LogP contribution in [0.1, 0.15) is 34.6 Å². The number of carboxylic acids is 1. The van der Waals surface area contributed by atoms with E-state index in [-0.39, 0.29) is 36.8 Å². The van der Waals surface area contributed by atoms with Gasteiger partial charge in [-0.3, -0.25) is 19.3 Å². The zero-order valence-electron chi connectivity index (χ0n) is 20.1. The largest absolute Gasteiger partial charge is 0.547 e. The van der Waals surface area contributed by atoms with Crippen molar-refractivity contribution in [2.24, 2.45) is 0 Å². The number of aromatic nitrogens is 1. The number of nitrogens with zero attached hydrogens (tertiary/aromatic N) is 3. The average Bonchev–Trinajstić information content (AvgIpc) is 3.21. The molecule has 2 aliphatic rings. The minimum Gasteiger partial charge on any atom is -0.534 e. The molecule has 0 saturated carbocycles. The van der Waals surface area contributed by atoms with Gasteiger partial charge in [-0.15, -0.1) is 0 Å². The van der Waals surface area contributed by atoms with Gasteiger partial charge in [0, 0.05) is 19.6 Å². The lowest BCUT2D eigenvalue weighted by molar-refractivity contribution is -0.153. The third-order valence-corrected chi connectivity index (χ3v) is 6.81. The number of likely N-dealkylation sites (N-methyl/N-ethyl adjacent to an activating group) is 1. The minimum atomic E-state index is -1.87. The first-order valence-electron chi connectivity index (χ1n) is 11.5. The quantitative estimate of drug-likeness (QED) is 0.219. The third kappa shape index (κ3) is 5.33. The third-order valence-electron chi connectivity index (χ3n) is 6.12. The van der Waals surface area contributed by atoms with Crippen molar-refractivity contribution in [1.29, 1.82) is 0 Å². The van der Waals surface area contributed by atoms with Gasteiger partial charge in [-0.25, -0.2) is 19.0 Å². The standard InChI is InChI=1S/C21H21BF2N6O8S/c1-2-29-5-6-30(18(33)17(29)32)21(36)28-13(12-15(24)39-20(25)27-12)16(31)26-10-7-8-3-4-9(23)11(19(34)35)14(8)38-22(10)37/h3-4,10,13,37H,2,5-7H2,1H3,(H2,25,27)(H,26,31)(H,28,36)(H,34,35)/t10-,13?/m0/s1. The lowest BCUT2D eigenvalue weighted by Crippen LogP contribution is -2.60. The molecule has 1 saturated heterocycles. The number of carbonyl (C=O) groups is 5. The van der Waals surface area contributed by atoms with Gasteiger partial charge < -0.3 is 36.1 Å². The summed E-state index contributed by atoms with van der Waals surface area (Å²) in [5.74, 6) is -7.58. The Hall–Kier alpha value is -4.32. The number of carboxylic acid groups (broad SMARTS) is 1. The molecule has 0 spiro atoms. The zero-order chi connectivity index (χ0) is 28.6. The predicted octanol–water partition coefficient (Wildman–Crippen LogP) is -0.717. The first kappa shape index (κ1) is 27.7. The van der Waals surface area contributed by atoms with Crippen molar-refractivity contribution in [2.45, 2.75) is 25.3 Å². The summed E-state index contributed by atoms with van der Waals surface area (Å²) < 4.78 is 33.8. The second-order valence-electron chi connectivity index (χ2n) is 8.48. The molecular formula is C21H21BF2N6O8S. The number of benzene rings is 1. The summed E-state index contributed by atoms with van der Waals surface area (Å²) in [5, 5.41) is 23.0. The van der Waals surface area contributed by atoms with Gasteiger partial charge in [0.05, 0.1) is 5.94 Å². The SMILES string of the molecule is CCN1CCN(C(=O)NC(C(=O)N[C@H]2Cc3ccc(F)c(C(=O)O)c3OB2O)c2nc(N)sc2F)C(=O)C1=O. The fourth-order valence-corrected chi connectivity index (χ4v) is 4.76. The van der Waals surface area contributed by atoms with Gasteiger partial charge in [0.1, 0.15) is 22.8 Å². The number of hydrogen-bond donors (Lipinski definition) is 5. The van der Waals surface area contributed by atoms with Crippen LogP contribution >= 0.6 is 11.3 Å². The minimum absolute atomic E-state index is 0.0489. The van der Waals surface area contributed by atoms with Gasteiger partial charge in [0.15, 0.2) is 11.2 Å². The highest BCUT2D eigenvalue weighted by molar-refractivity contribution is 7.13. The number of amides is 5. The molecule has 39 heavy (non-hydrogen) atoms. The monoisotopic (exact) mass is 566 g/mol. The van der Waals surface area contributed by atoms with Crippen LogP contribution in [0.3, 0.4) is 0 Å². The molecule has 0 bridgehead atoms. The maximum absolute atomic E-state index is 14.6. The number of urea groups is 1. The summed E-state index contributed by atoms with van der Waals surface area (Å²) >= 11 is 0.387. The van der Waals surface area contributed by atoms with Crippen LogP contribution in [0.5, 0.6) is 5.75 Å². The highest BCUT2D eigenvalue weighted by Gasteiger charge is 2.42. The lowest BCUT2D eigenvalue weighted by Gasteiger charge is -2.33. The van der Waals surface area contributed by atoms with Gasteiger partial charge in [0.2, 0.25) is 11.0 Å². The van der Waals surface area contributed by atoms with E-state index in [9.17, 15) is 42.9 Å². The van der Waals surface area contributed by atoms with Crippen LogP contribution < -0.4 is 21.0 Å². The molecule has 206 valence electrons. The highest BCUT2D eigenvalue weighted by Crippen LogP contribution is 2.32. The van der Waals surface area contributed by atoms with Gasteiger partial charge in [-0.2, -0.15) is 4.39 Å². The highest BCUT2D eigenvalue weighted by atomic mass is 32.1. The van der Waals surface area contributed by atoms with Crippen molar-refractivity contribution in [2.75, 3.05) is 25.4 Å². The Morgan fingerprint density at radius 1 is 1.28 bits per heavy atom. The Labute approximate surface area is 222 Å². The molecule has 0 aliphatic carbocycles. The Bertz CT molecular complexity index is 1380. The maximum Gasteiger partial charge on any atom is 0.547 e. The molecule has 2 aromatic rings. The van der Waals surface area contributed by atoms with Crippen LogP contribution in [0, 0.1) is 10.9 Å². The molecule has 2 atom stereocenters. The number of anilines is 1. The molecule has 5 amide bonds. The molecule has 1 aromatic carbocycles. The van der Waals surface area contributed by atoms with E-state index in [1.54, 1.807) is 6.92 Å². The van der Waals surface area contributed by atoms with Crippen LogP contribution in [-0.4, -0.2) is 87.3 Å². The number of piperazine rings is 1. The lowest BCUT2D eigenvalue weighted by atomic mass is 9.72. The topological polar surface area (TPSA) is 204 Å². The molecule has 6 N–H and O–H groups in total. The summed E-state index contributed by atoms with van der Waals surface area (Å²) in [6, 6.07) is -0.951. The molecule has 14 nitrogen and oxygen atoms in total. The van der Waals surface area contributed by atoms with Crippen LogP contribution in [-0.2, 0) is 20.8 Å². The van der Waals surface area contributed by atoms with E-state index in [0.717, 1.165) is 6.07 Å². The van der Waals surface area contributed by atoms with Gasteiger partial charge in [-0.05, 0) is 25.0 Å². The maximum atomic E-state index is 14.6. The van der Waals surface area contributed by atoms with Crippen molar-refractivity contribution < 1.29 is 47.5 Å². The van der Waals surface area contributed by atoms with Crippen molar-refractivity contribution in [3.8, 4) is 5.75 Å². The summed E-state index contributed by atoms with van der Waals surface area (Å²) in [6.45, 7) is 1.75. The van der Waals surface area contributed by atoms with Gasteiger partial charge in [-0.1, -0.05) is 17.4 Å². The Kier molecular flexibility index (Phi) is 7.68. The Balaban J connectivity index is 1.57. The zero-order valence-corrected chi connectivity index (χ0v) is 21.0. The molecule has 1 fully saturated rings. The fourth-order valence-electron chi connectivity index (χ4n) is 4.16. The van der Waals surface area contributed by atoms with E-state index >= 15 is 0 Å². The first-order valence-corrected chi connectivity index (χ1v) is 12.3. The fraction of sp³-hybridized carbons (Fsp3) is 0.333. The number of fused-ring (bicyclic) bond motifs is 1. The average molecular weight is 566 g/mol. The van der Waals surface area contributed by atoms with E-state index in [0.29, 0.717) is 16.2 Å². The number of nitrogens with one attached hydrogen (secondary N) is 2. The van der Waals surface area contributed by atoms with E-state index < -0.39 is 76.8 Å². The number of imide groups is 1.